The van der Waals surface area contributed by atoms with Gasteiger partial charge in [-0.2, -0.15) is 5.26 Å². The number of carbonyl (C=O) groups is 1. The number of hydrogen-bond acceptors (Lipinski definition) is 4. The van der Waals surface area contributed by atoms with Crippen LogP contribution < -0.4 is 4.74 Å². The number of rotatable bonds is 6. The van der Waals surface area contributed by atoms with Gasteiger partial charge in [0.15, 0.2) is 0 Å². The fraction of sp³-hybridized carbons (Fsp3) is 0.0800. The van der Waals surface area contributed by atoms with Gasteiger partial charge < -0.3 is 14.8 Å². The maximum atomic E-state index is 11.1. The van der Waals surface area contributed by atoms with Crippen molar-refractivity contribution in [2.24, 2.45) is 0 Å². The van der Waals surface area contributed by atoms with Crippen molar-refractivity contribution in [1.29, 1.82) is 5.26 Å². The molecule has 0 aliphatic heterocycles. The van der Waals surface area contributed by atoms with Gasteiger partial charge in [0.2, 0.25) is 0 Å². The van der Waals surface area contributed by atoms with Crippen molar-refractivity contribution in [2.45, 2.75) is 13.5 Å². The van der Waals surface area contributed by atoms with Crippen LogP contribution in [0.1, 0.15) is 32.9 Å². The van der Waals surface area contributed by atoms with Gasteiger partial charge in [-0.1, -0.05) is 35.9 Å². The molecule has 0 radical (unpaired) electrons. The number of halogens is 1. The number of imidazole rings is 1. The molecular weight excluding hydrogens is 426 g/mol. The molecule has 32 heavy (non-hydrogen) atoms. The van der Waals surface area contributed by atoms with E-state index in [4.69, 9.17) is 21.4 Å². The minimum Gasteiger partial charge on any atom is -0.487 e. The quantitative estimate of drug-likeness (QED) is 0.363. The summed E-state index contributed by atoms with van der Waals surface area (Å²) in [6.07, 6.45) is 1.70. The second-order valence-corrected chi connectivity index (χ2v) is 7.67. The largest absolute Gasteiger partial charge is 0.487 e. The number of allylic oxidation sites excluding steroid dienone is 1. The van der Waals surface area contributed by atoms with Crippen molar-refractivity contribution in [1.82, 2.24) is 9.97 Å². The van der Waals surface area contributed by atoms with Gasteiger partial charge in [-0.3, -0.25) is 0 Å². The number of ether oxygens (including phenoxy) is 1. The third-order valence-corrected chi connectivity index (χ3v) is 5.14. The van der Waals surface area contributed by atoms with Gasteiger partial charge in [-0.05, 0) is 66.1 Å². The van der Waals surface area contributed by atoms with Gasteiger partial charge in [0.1, 0.15) is 24.3 Å². The number of aromatic nitrogens is 2. The summed E-state index contributed by atoms with van der Waals surface area (Å²) in [7, 11) is 0. The van der Waals surface area contributed by atoms with Crippen molar-refractivity contribution in [3.8, 4) is 11.8 Å². The number of nitrogens with one attached hydrogen (secondary N) is 1. The molecular formula is C25H18ClN3O3. The average Bonchev–Trinajstić information content (AvgIpc) is 3.20. The maximum Gasteiger partial charge on any atom is 0.335 e. The standard InChI is InChI=1S/C25H18ClN3O3/c1-15-5-7-21-22(9-15)29-24(28-21)19(13-27)10-16-6-8-23(20(26)12-16)32-14-17-3-2-4-18(11-17)25(30)31/h2-12H,14H2,1H3,(H,28,29)(H,30,31). The normalized spacial score (nSPS) is 11.3. The highest BCUT2D eigenvalue weighted by Gasteiger charge is 2.10. The zero-order valence-corrected chi connectivity index (χ0v) is 17.8. The van der Waals surface area contributed by atoms with Crippen molar-refractivity contribution < 1.29 is 14.6 Å². The number of H-pyrrole nitrogens is 1. The van der Waals surface area contributed by atoms with Crippen LogP contribution in [0.4, 0.5) is 0 Å². The zero-order valence-electron chi connectivity index (χ0n) is 17.1. The molecule has 0 amide bonds. The van der Waals surface area contributed by atoms with Crippen LogP contribution in [0.25, 0.3) is 22.7 Å². The van der Waals surface area contributed by atoms with E-state index in [0.717, 1.165) is 27.7 Å². The fourth-order valence-electron chi connectivity index (χ4n) is 3.25. The Kier molecular flexibility index (Phi) is 5.93. The molecule has 0 aliphatic carbocycles. The number of nitrogens with zero attached hydrogens (tertiary/aromatic N) is 2. The van der Waals surface area contributed by atoms with E-state index in [9.17, 15) is 10.1 Å². The summed E-state index contributed by atoms with van der Waals surface area (Å²) in [6.45, 7) is 2.17. The van der Waals surface area contributed by atoms with Crippen LogP contribution in [-0.2, 0) is 6.61 Å². The molecule has 4 aromatic rings. The molecule has 158 valence electrons. The summed E-state index contributed by atoms with van der Waals surface area (Å²) in [5, 5.41) is 19.1. The smallest absolute Gasteiger partial charge is 0.335 e. The minimum atomic E-state index is -0.992. The highest BCUT2D eigenvalue weighted by atomic mass is 35.5. The Morgan fingerprint density at radius 1 is 1.22 bits per heavy atom. The molecule has 3 aromatic carbocycles. The summed E-state index contributed by atoms with van der Waals surface area (Å²) < 4.78 is 5.75. The van der Waals surface area contributed by atoms with E-state index in [2.05, 4.69) is 16.0 Å². The second-order valence-electron chi connectivity index (χ2n) is 7.26. The lowest BCUT2D eigenvalue weighted by molar-refractivity contribution is 0.0696. The fourth-order valence-corrected chi connectivity index (χ4v) is 3.49. The SMILES string of the molecule is Cc1ccc2nc(C(C#N)=Cc3ccc(OCc4cccc(C(=O)O)c4)c(Cl)c3)[nH]c2c1. The van der Waals surface area contributed by atoms with Gasteiger partial charge in [0.05, 0.1) is 27.2 Å². The number of aryl methyl sites for hydroxylation is 1. The maximum absolute atomic E-state index is 11.1. The Bertz CT molecular complexity index is 1400. The molecule has 4 rings (SSSR count). The van der Waals surface area contributed by atoms with Crippen LogP contribution in [0.3, 0.4) is 0 Å². The Hall–Kier alpha value is -4.08. The van der Waals surface area contributed by atoms with E-state index < -0.39 is 5.97 Å². The monoisotopic (exact) mass is 443 g/mol. The summed E-state index contributed by atoms with van der Waals surface area (Å²) in [4.78, 5) is 18.8. The number of aromatic amines is 1. The lowest BCUT2D eigenvalue weighted by Gasteiger charge is -2.09. The van der Waals surface area contributed by atoms with E-state index in [-0.39, 0.29) is 12.2 Å². The number of benzene rings is 3. The molecule has 0 fully saturated rings. The first-order valence-electron chi connectivity index (χ1n) is 9.76. The Morgan fingerprint density at radius 2 is 2.06 bits per heavy atom. The summed E-state index contributed by atoms with van der Waals surface area (Å²) in [5.41, 5.74) is 4.79. The number of aromatic carboxylic acids is 1. The molecule has 0 atom stereocenters. The molecule has 0 saturated carbocycles. The first-order chi connectivity index (χ1) is 15.4. The molecule has 0 aliphatic rings. The first-order valence-corrected chi connectivity index (χ1v) is 10.1. The van der Waals surface area contributed by atoms with Crippen LogP contribution >= 0.6 is 11.6 Å². The molecule has 0 bridgehead atoms. The number of hydrogen-bond donors (Lipinski definition) is 2. The molecule has 0 unspecified atom stereocenters. The third-order valence-electron chi connectivity index (χ3n) is 4.85. The third kappa shape index (κ3) is 4.64. The van der Waals surface area contributed by atoms with Gasteiger partial charge in [-0.15, -0.1) is 0 Å². The van der Waals surface area contributed by atoms with Gasteiger partial charge in [0, 0.05) is 0 Å². The van der Waals surface area contributed by atoms with Gasteiger partial charge in [-0.25, -0.2) is 9.78 Å². The van der Waals surface area contributed by atoms with Crippen molar-refractivity contribution >= 4 is 40.3 Å². The van der Waals surface area contributed by atoms with E-state index in [0.29, 0.717) is 22.2 Å². The number of nitriles is 1. The first kappa shape index (κ1) is 21.2. The average molecular weight is 444 g/mol. The Labute approximate surface area is 189 Å². The lowest BCUT2D eigenvalue weighted by Crippen LogP contribution is -2.00. The van der Waals surface area contributed by atoms with E-state index in [1.807, 2.05) is 25.1 Å². The topological polar surface area (TPSA) is 99.0 Å². The summed E-state index contributed by atoms with van der Waals surface area (Å²) >= 11 is 6.38. The molecule has 1 aromatic heterocycles. The van der Waals surface area contributed by atoms with E-state index in [1.54, 1.807) is 42.5 Å². The predicted molar refractivity (Wildman–Crippen MR) is 124 cm³/mol. The highest BCUT2D eigenvalue weighted by Crippen LogP contribution is 2.28. The van der Waals surface area contributed by atoms with Gasteiger partial charge >= 0.3 is 5.97 Å². The zero-order chi connectivity index (χ0) is 22.7. The Morgan fingerprint density at radius 3 is 2.81 bits per heavy atom. The minimum absolute atomic E-state index is 0.178. The number of carboxylic acids is 1. The van der Waals surface area contributed by atoms with Crippen molar-refractivity contribution in [3.05, 3.63) is 93.8 Å². The number of fused-ring (bicyclic) bond motifs is 1. The van der Waals surface area contributed by atoms with Crippen LogP contribution in [0.2, 0.25) is 5.02 Å². The summed E-state index contributed by atoms with van der Waals surface area (Å²) in [6, 6.07) is 19.8. The van der Waals surface area contributed by atoms with E-state index >= 15 is 0 Å². The highest BCUT2D eigenvalue weighted by molar-refractivity contribution is 6.32. The van der Waals surface area contributed by atoms with Gasteiger partial charge in [0.25, 0.3) is 0 Å². The molecule has 0 saturated heterocycles. The van der Waals surface area contributed by atoms with Crippen LogP contribution in [0.15, 0.2) is 60.7 Å². The second kappa shape index (κ2) is 8.96. The van der Waals surface area contributed by atoms with Crippen LogP contribution in [-0.4, -0.2) is 21.0 Å². The predicted octanol–water partition coefficient (Wildman–Crippen LogP) is 5.87. The van der Waals surface area contributed by atoms with Crippen molar-refractivity contribution in [3.63, 3.8) is 0 Å². The van der Waals surface area contributed by atoms with Crippen molar-refractivity contribution in [2.75, 3.05) is 0 Å². The Balaban J connectivity index is 1.54. The van der Waals surface area contributed by atoms with E-state index in [1.165, 1.54) is 6.07 Å². The number of carboxylic acid groups (broad SMARTS) is 1. The van der Waals surface area contributed by atoms with Crippen LogP contribution in [0.5, 0.6) is 5.75 Å². The van der Waals surface area contributed by atoms with Crippen LogP contribution in [0, 0.1) is 18.3 Å². The molecule has 1 heterocycles. The lowest BCUT2D eigenvalue weighted by atomic mass is 10.1. The molecule has 6 nitrogen and oxygen atoms in total. The molecule has 0 spiro atoms. The molecule has 7 heteroatoms. The molecule has 2 N–H and O–H groups in total. The summed E-state index contributed by atoms with van der Waals surface area (Å²) in [5.74, 6) is -0.0426.